The molecule has 0 bridgehead atoms. The Labute approximate surface area is 323 Å². The molecule has 0 atom stereocenters. The first-order chi connectivity index (χ1) is 27.0. The number of benzene rings is 8. The molecule has 0 spiro atoms. The van der Waals surface area contributed by atoms with Crippen LogP contribution in [0.3, 0.4) is 0 Å². The average Bonchev–Trinajstić information content (AvgIpc) is 3.89. The molecule has 10 aromatic rings. The van der Waals surface area contributed by atoms with E-state index in [9.17, 15) is 0 Å². The van der Waals surface area contributed by atoms with Gasteiger partial charge < -0.3 is 10.2 Å². The van der Waals surface area contributed by atoms with Gasteiger partial charge in [0.25, 0.3) is 0 Å². The van der Waals surface area contributed by atoms with E-state index >= 15 is 0 Å². The molecule has 0 saturated heterocycles. The summed E-state index contributed by atoms with van der Waals surface area (Å²) in [6.45, 7) is 6.35. The van der Waals surface area contributed by atoms with Crippen molar-refractivity contribution in [3.05, 3.63) is 180 Å². The van der Waals surface area contributed by atoms with E-state index in [4.69, 9.17) is 15.6 Å². The zero-order chi connectivity index (χ0) is 37.5. The van der Waals surface area contributed by atoms with Crippen LogP contribution in [-0.4, -0.2) is 12.6 Å². The molecule has 2 heterocycles. The molecular formula is C50H37N3OS. The number of nitrogens with zero attached hydrogens (tertiary/aromatic N) is 1. The van der Waals surface area contributed by atoms with Crippen molar-refractivity contribution >= 4 is 76.8 Å². The normalized spacial score (nSPS) is 11.3. The Balaban J connectivity index is 0.000000142. The van der Waals surface area contributed by atoms with Crippen LogP contribution < -0.4 is 5.73 Å². The molecule has 0 aliphatic heterocycles. The van der Waals surface area contributed by atoms with Gasteiger partial charge in [0.15, 0.2) is 0 Å². The number of rotatable bonds is 4. The van der Waals surface area contributed by atoms with Gasteiger partial charge in [0.1, 0.15) is 17.0 Å². The zero-order valence-corrected chi connectivity index (χ0v) is 31.2. The Hall–Kier alpha value is -6.82. The summed E-state index contributed by atoms with van der Waals surface area (Å²) in [6.07, 6.45) is 0. The number of nitrogens with one attached hydrogen (secondary N) is 1. The summed E-state index contributed by atoms with van der Waals surface area (Å²) in [6, 6.07) is 57.1. The van der Waals surface area contributed by atoms with Crippen LogP contribution >= 0.6 is 11.3 Å². The number of nitrogen functional groups attached to an aromatic ring is 1. The lowest BCUT2D eigenvalue weighted by atomic mass is 9.93. The highest BCUT2D eigenvalue weighted by Gasteiger charge is 2.22. The van der Waals surface area contributed by atoms with Crippen molar-refractivity contribution in [2.45, 2.75) is 13.5 Å². The predicted molar refractivity (Wildman–Crippen MR) is 236 cm³/mol. The van der Waals surface area contributed by atoms with Crippen molar-refractivity contribution in [3.8, 4) is 33.4 Å². The van der Waals surface area contributed by atoms with Crippen molar-refractivity contribution in [1.82, 2.24) is 0 Å². The van der Waals surface area contributed by atoms with Crippen LogP contribution in [0.2, 0.25) is 0 Å². The van der Waals surface area contributed by atoms with Crippen LogP contribution in [0.5, 0.6) is 0 Å². The van der Waals surface area contributed by atoms with Crippen LogP contribution in [0.4, 0.5) is 0 Å². The Morgan fingerprint density at radius 3 is 2.02 bits per heavy atom. The third kappa shape index (κ3) is 6.15. The Bertz CT molecular complexity index is 3050. The molecule has 2 aromatic heterocycles. The lowest BCUT2D eigenvalue weighted by Gasteiger charge is -2.10. The van der Waals surface area contributed by atoms with E-state index in [1.807, 2.05) is 60.7 Å². The molecule has 1 aliphatic carbocycles. The fraction of sp³-hybridized carbons (Fsp3) is 0.0400. The Morgan fingerprint density at radius 1 is 0.582 bits per heavy atom. The molecule has 1 aliphatic rings. The number of hydrogen-bond acceptors (Lipinski definition) is 4. The highest BCUT2D eigenvalue weighted by Crippen LogP contribution is 2.49. The second-order valence-corrected chi connectivity index (χ2v) is 14.9. The lowest BCUT2D eigenvalue weighted by Crippen LogP contribution is -2.10. The van der Waals surface area contributed by atoms with Gasteiger partial charge in [0.2, 0.25) is 0 Å². The van der Waals surface area contributed by atoms with Crippen LogP contribution in [0, 0.1) is 12.3 Å². The molecule has 0 saturated carbocycles. The van der Waals surface area contributed by atoms with Crippen molar-refractivity contribution in [1.29, 1.82) is 5.41 Å². The second-order valence-electron chi connectivity index (χ2n) is 13.8. The van der Waals surface area contributed by atoms with Crippen molar-refractivity contribution in [2.75, 3.05) is 0 Å². The summed E-state index contributed by atoms with van der Waals surface area (Å²) >= 11 is 1.74. The first kappa shape index (κ1) is 34.0. The number of hydrogen-bond donors (Lipinski definition) is 2. The second kappa shape index (κ2) is 14.2. The quantitative estimate of drug-likeness (QED) is 0.140. The van der Waals surface area contributed by atoms with Gasteiger partial charge in [0, 0.05) is 36.5 Å². The maximum absolute atomic E-state index is 7.43. The SMILES string of the molecule is C=NCc1cccc2oc3ccc(-c4ccc5c6c(cccc46)-c4ccccc4-5)cc3c12.Cc1ccccc1.N=C(N)c1ccc2c(c1)sc1ccccc12. The van der Waals surface area contributed by atoms with E-state index in [1.54, 1.807) is 11.3 Å². The summed E-state index contributed by atoms with van der Waals surface area (Å²) in [7, 11) is 0. The third-order valence-corrected chi connectivity index (χ3v) is 11.5. The zero-order valence-electron chi connectivity index (χ0n) is 30.3. The van der Waals surface area contributed by atoms with Crippen molar-refractivity contribution < 1.29 is 4.42 Å². The van der Waals surface area contributed by atoms with Crippen LogP contribution in [0.25, 0.3) is 86.3 Å². The maximum Gasteiger partial charge on any atom is 0.135 e. The highest BCUT2D eigenvalue weighted by atomic mass is 32.1. The Morgan fingerprint density at radius 2 is 1.25 bits per heavy atom. The minimum atomic E-state index is 0.124. The van der Waals surface area contributed by atoms with Crippen LogP contribution in [-0.2, 0) is 6.54 Å². The number of furan rings is 1. The number of amidine groups is 1. The predicted octanol–water partition coefficient (Wildman–Crippen LogP) is 13.6. The molecule has 0 radical (unpaired) electrons. The van der Waals surface area contributed by atoms with E-state index in [2.05, 4.69) is 122 Å². The summed E-state index contributed by atoms with van der Waals surface area (Å²) < 4.78 is 8.61. The number of aliphatic imine (C=N–C) groups is 1. The molecule has 8 aromatic carbocycles. The van der Waals surface area contributed by atoms with E-state index in [-0.39, 0.29) is 5.84 Å². The number of fused-ring (bicyclic) bond motifs is 9. The fourth-order valence-electron chi connectivity index (χ4n) is 7.81. The van der Waals surface area contributed by atoms with Crippen LogP contribution in [0.1, 0.15) is 16.7 Å². The lowest BCUT2D eigenvalue weighted by molar-refractivity contribution is 0.668. The van der Waals surface area contributed by atoms with Gasteiger partial charge >= 0.3 is 0 Å². The monoisotopic (exact) mass is 727 g/mol. The van der Waals surface area contributed by atoms with Crippen LogP contribution in [0.15, 0.2) is 173 Å². The van der Waals surface area contributed by atoms with Gasteiger partial charge in [-0.15, -0.1) is 11.3 Å². The standard InChI is InChI=1S/C30H19NO.C13H10N2S.C7H8/c1-31-17-19-6-4-11-28-29(19)26-16-18(12-15-27(26)32-28)20-13-14-25-22-8-3-2-7-21(22)24-10-5-9-23(20)30(24)25;14-13(15)8-5-6-10-9-3-1-2-4-11(9)16-12(10)7-8;1-7-5-3-2-4-6-7/h2-16H,1,17H2;1-7H,(H3,14,15);2-6H,1H3. The van der Waals surface area contributed by atoms with Crippen molar-refractivity contribution in [3.63, 3.8) is 0 Å². The molecule has 55 heavy (non-hydrogen) atoms. The number of aryl methyl sites for hydroxylation is 1. The third-order valence-electron chi connectivity index (χ3n) is 10.4. The summed E-state index contributed by atoms with van der Waals surface area (Å²) in [4.78, 5) is 4.12. The smallest absolute Gasteiger partial charge is 0.135 e. The first-order valence-corrected chi connectivity index (χ1v) is 19.1. The van der Waals surface area contributed by atoms with Gasteiger partial charge in [-0.1, -0.05) is 139 Å². The van der Waals surface area contributed by atoms with Gasteiger partial charge in [-0.05, 0) is 93.7 Å². The largest absolute Gasteiger partial charge is 0.456 e. The van der Waals surface area contributed by atoms with E-state index < -0.39 is 0 Å². The molecule has 4 nitrogen and oxygen atoms in total. The topological polar surface area (TPSA) is 75.4 Å². The fourth-order valence-corrected chi connectivity index (χ4v) is 8.95. The van der Waals surface area contributed by atoms with Crippen molar-refractivity contribution in [2.24, 2.45) is 10.7 Å². The first-order valence-electron chi connectivity index (χ1n) is 18.3. The summed E-state index contributed by atoms with van der Waals surface area (Å²) in [5.41, 5.74) is 18.3. The maximum atomic E-state index is 7.43. The summed E-state index contributed by atoms with van der Waals surface area (Å²) in [5.74, 6) is 0.124. The highest BCUT2D eigenvalue weighted by molar-refractivity contribution is 7.25. The number of thiophene rings is 1. The molecule has 11 rings (SSSR count). The molecule has 3 N–H and O–H groups in total. The molecular weight excluding hydrogens is 691 g/mol. The van der Waals surface area contributed by atoms with Gasteiger partial charge in [-0.25, -0.2) is 0 Å². The van der Waals surface area contributed by atoms with Gasteiger partial charge in [0.05, 0.1) is 6.54 Å². The average molecular weight is 728 g/mol. The molecule has 264 valence electrons. The van der Waals surface area contributed by atoms with E-state index in [0.717, 1.165) is 33.1 Å². The molecule has 0 amide bonds. The van der Waals surface area contributed by atoms with E-state index in [0.29, 0.717) is 6.54 Å². The minimum Gasteiger partial charge on any atom is -0.456 e. The number of nitrogens with two attached hydrogens (primary N) is 1. The molecule has 0 unspecified atom stereocenters. The minimum absolute atomic E-state index is 0.124. The Kier molecular flexibility index (Phi) is 8.77. The van der Waals surface area contributed by atoms with Gasteiger partial charge in [-0.2, -0.15) is 0 Å². The van der Waals surface area contributed by atoms with E-state index in [1.165, 1.54) is 69.9 Å². The van der Waals surface area contributed by atoms with Gasteiger partial charge in [-0.3, -0.25) is 10.4 Å². The molecule has 5 heteroatoms. The molecule has 0 fully saturated rings. The summed E-state index contributed by atoms with van der Waals surface area (Å²) in [5, 5.41) is 14.8.